The average Bonchev–Trinajstić information content (AvgIpc) is 3.44. The van der Waals surface area contributed by atoms with Crippen LogP contribution in [0, 0.1) is 0 Å². The first kappa shape index (κ1) is 22.2. The smallest absolute Gasteiger partial charge is 0.221 e. The number of nitrogens with zero attached hydrogens (tertiary/aromatic N) is 7. The summed E-state index contributed by atoms with van der Waals surface area (Å²) in [6.07, 6.45) is 9.91. The minimum atomic E-state index is 0.140. The van der Waals surface area contributed by atoms with Crippen molar-refractivity contribution < 1.29 is 0 Å². The van der Waals surface area contributed by atoms with E-state index in [1.54, 1.807) is 18.7 Å². The fourth-order valence-electron chi connectivity index (χ4n) is 4.10. The molecule has 3 heterocycles. The zero-order chi connectivity index (χ0) is 24.2. The summed E-state index contributed by atoms with van der Waals surface area (Å²) in [5, 5.41) is 0. The Kier molecular flexibility index (Phi) is 6.17. The van der Waals surface area contributed by atoms with Gasteiger partial charge in [-0.25, -0.2) is 19.9 Å². The summed E-state index contributed by atoms with van der Waals surface area (Å²) in [6.45, 7) is 2.17. The van der Waals surface area contributed by atoms with Crippen LogP contribution in [0.2, 0.25) is 0 Å². The van der Waals surface area contributed by atoms with Gasteiger partial charge in [0.1, 0.15) is 11.6 Å². The zero-order valence-electron chi connectivity index (χ0n) is 19.7. The van der Waals surface area contributed by atoms with E-state index in [1.807, 2.05) is 65.3 Å². The lowest BCUT2D eigenvalue weighted by molar-refractivity contribution is 0.746. The Morgan fingerprint density at radius 2 is 1.83 bits per heavy atom. The average molecular weight is 463 g/mol. The normalized spacial score (nSPS) is 11.8. The van der Waals surface area contributed by atoms with Crippen LogP contribution in [0.15, 0.2) is 91.8 Å². The molecule has 5 rings (SSSR count). The Morgan fingerprint density at radius 3 is 2.63 bits per heavy atom. The number of aromatic nitrogens is 6. The van der Waals surface area contributed by atoms with Crippen molar-refractivity contribution in [3.8, 4) is 17.1 Å². The number of nitrogen functional groups attached to an aromatic ring is 1. The SMILES string of the molecule is C[C@@H](Cc1cccc(-n2ccnc2)c1)c1cnc(N)nc1N(C)c1ccnc(-c2ccccc2)n1. The molecule has 1 atom stereocenters. The third-order valence-corrected chi connectivity index (χ3v) is 5.93. The zero-order valence-corrected chi connectivity index (χ0v) is 19.7. The first-order valence-corrected chi connectivity index (χ1v) is 11.4. The lowest BCUT2D eigenvalue weighted by Gasteiger charge is -2.23. The number of hydrogen-bond acceptors (Lipinski definition) is 7. The number of imidazole rings is 1. The molecule has 174 valence electrons. The topological polar surface area (TPSA) is 98.6 Å². The van der Waals surface area contributed by atoms with Gasteiger partial charge in [0.2, 0.25) is 5.95 Å². The van der Waals surface area contributed by atoms with Gasteiger partial charge in [-0.05, 0) is 36.1 Å². The molecule has 5 aromatic rings. The van der Waals surface area contributed by atoms with Crippen LogP contribution >= 0.6 is 0 Å². The quantitative estimate of drug-likeness (QED) is 0.370. The highest BCUT2D eigenvalue weighted by atomic mass is 15.2. The Hall–Kier alpha value is -4.59. The molecule has 0 aliphatic rings. The van der Waals surface area contributed by atoms with E-state index in [0.717, 1.165) is 34.9 Å². The van der Waals surface area contributed by atoms with Crippen LogP contribution in [-0.2, 0) is 6.42 Å². The molecule has 0 amide bonds. The molecule has 8 heteroatoms. The highest BCUT2D eigenvalue weighted by Crippen LogP contribution is 2.32. The van der Waals surface area contributed by atoms with E-state index in [4.69, 9.17) is 10.7 Å². The maximum Gasteiger partial charge on any atom is 0.221 e. The number of nitrogens with two attached hydrogens (primary N) is 1. The maximum absolute atomic E-state index is 6.00. The third-order valence-electron chi connectivity index (χ3n) is 5.93. The van der Waals surface area contributed by atoms with Gasteiger partial charge in [-0.3, -0.25) is 0 Å². The van der Waals surface area contributed by atoms with Gasteiger partial charge in [-0.2, -0.15) is 4.98 Å². The van der Waals surface area contributed by atoms with E-state index in [9.17, 15) is 0 Å². The van der Waals surface area contributed by atoms with Gasteiger partial charge in [-0.1, -0.05) is 49.4 Å². The predicted molar refractivity (Wildman–Crippen MR) is 138 cm³/mol. The molecule has 0 aliphatic carbocycles. The van der Waals surface area contributed by atoms with Gasteiger partial charge in [0.15, 0.2) is 5.82 Å². The summed E-state index contributed by atoms with van der Waals surface area (Å²) in [5.74, 6) is 2.48. The van der Waals surface area contributed by atoms with E-state index in [2.05, 4.69) is 51.1 Å². The van der Waals surface area contributed by atoms with Crippen LogP contribution in [0.3, 0.4) is 0 Å². The van der Waals surface area contributed by atoms with Crippen molar-refractivity contribution in [3.05, 3.63) is 103 Å². The minimum Gasteiger partial charge on any atom is -0.368 e. The van der Waals surface area contributed by atoms with Gasteiger partial charge < -0.3 is 15.2 Å². The van der Waals surface area contributed by atoms with E-state index in [-0.39, 0.29) is 11.9 Å². The molecule has 0 saturated heterocycles. The lowest BCUT2D eigenvalue weighted by atomic mass is 9.94. The fourth-order valence-corrected chi connectivity index (χ4v) is 4.10. The number of hydrogen-bond donors (Lipinski definition) is 1. The molecule has 3 aromatic heterocycles. The summed E-state index contributed by atoms with van der Waals surface area (Å²) >= 11 is 0. The van der Waals surface area contributed by atoms with Crippen LogP contribution in [0.4, 0.5) is 17.6 Å². The molecule has 35 heavy (non-hydrogen) atoms. The highest BCUT2D eigenvalue weighted by molar-refractivity contribution is 5.63. The van der Waals surface area contributed by atoms with Crippen molar-refractivity contribution in [1.82, 2.24) is 29.5 Å². The van der Waals surface area contributed by atoms with E-state index < -0.39 is 0 Å². The molecular weight excluding hydrogens is 436 g/mol. The molecule has 0 radical (unpaired) electrons. The van der Waals surface area contributed by atoms with Crippen molar-refractivity contribution in [2.75, 3.05) is 17.7 Å². The van der Waals surface area contributed by atoms with E-state index in [0.29, 0.717) is 5.82 Å². The Morgan fingerprint density at radius 1 is 0.971 bits per heavy atom. The standard InChI is InChI=1S/C27H26N8/c1-19(15-20-7-6-10-22(16-20)35-14-13-29-18-35)23-17-31-27(28)33-26(23)34(2)24-11-12-30-25(32-24)21-8-4-3-5-9-21/h3-14,16-19H,15H2,1-2H3,(H2,28,31,33)/t19-/m0/s1. The molecule has 0 fully saturated rings. The number of rotatable bonds is 7. The van der Waals surface area contributed by atoms with Crippen molar-refractivity contribution in [2.24, 2.45) is 0 Å². The predicted octanol–water partition coefficient (Wildman–Crippen LogP) is 4.82. The Balaban J connectivity index is 1.44. The van der Waals surface area contributed by atoms with Crippen LogP contribution < -0.4 is 10.6 Å². The summed E-state index contributed by atoms with van der Waals surface area (Å²) in [5.41, 5.74) is 10.2. The molecule has 2 N–H and O–H groups in total. The van der Waals surface area contributed by atoms with Crippen LogP contribution in [0.25, 0.3) is 17.1 Å². The molecule has 0 unspecified atom stereocenters. The second-order valence-electron chi connectivity index (χ2n) is 8.42. The number of benzene rings is 2. The monoisotopic (exact) mass is 462 g/mol. The minimum absolute atomic E-state index is 0.140. The van der Waals surface area contributed by atoms with Crippen LogP contribution in [0.5, 0.6) is 0 Å². The Bertz CT molecular complexity index is 1420. The molecule has 0 saturated carbocycles. The highest BCUT2D eigenvalue weighted by Gasteiger charge is 2.19. The second kappa shape index (κ2) is 9.72. The summed E-state index contributed by atoms with van der Waals surface area (Å²) in [4.78, 5) is 24.2. The first-order chi connectivity index (χ1) is 17.1. The molecule has 2 aromatic carbocycles. The molecule has 0 spiro atoms. The third kappa shape index (κ3) is 4.86. The van der Waals surface area contributed by atoms with Crippen LogP contribution in [-0.4, -0.2) is 36.5 Å². The van der Waals surface area contributed by atoms with Crippen LogP contribution in [0.1, 0.15) is 24.0 Å². The summed E-state index contributed by atoms with van der Waals surface area (Å²) in [6, 6.07) is 20.2. The van der Waals surface area contributed by atoms with Crippen molar-refractivity contribution in [3.63, 3.8) is 0 Å². The second-order valence-corrected chi connectivity index (χ2v) is 8.42. The maximum atomic E-state index is 6.00. The van der Waals surface area contributed by atoms with Gasteiger partial charge in [0.05, 0.1) is 6.33 Å². The first-order valence-electron chi connectivity index (χ1n) is 11.4. The fraction of sp³-hybridized carbons (Fsp3) is 0.148. The van der Waals surface area contributed by atoms with Crippen molar-refractivity contribution in [1.29, 1.82) is 0 Å². The van der Waals surface area contributed by atoms with E-state index in [1.165, 1.54) is 5.56 Å². The number of anilines is 3. The van der Waals surface area contributed by atoms with Crippen molar-refractivity contribution in [2.45, 2.75) is 19.3 Å². The van der Waals surface area contributed by atoms with E-state index >= 15 is 0 Å². The lowest BCUT2D eigenvalue weighted by Crippen LogP contribution is -2.18. The molecular formula is C27H26N8. The molecule has 0 bridgehead atoms. The van der Waals surface area contributed by atoms with Crippen molar-refractivity contribution >= 4 is 17.6 Å². The largest absolute Gasteiger partial charge is 0.368 e. The van der Waals surface area contributed by atoms with Gasteiger partial charge in [0.25, 0.3) is 0 Å². The van der Waals surface area contributed by atoms with Gasteiger partial charge in [-0.15, -0.1) is 0 Å². The van der Waals surface area contributed by atoms with Gasteiger partial charge >= 0.3 is 0 Å². The van der Waals surface area contributed by atoms with Gasteiger partial charge in [0, 0.05) is 48.6 Å². The molecule has 8 nitrogen and oxygen atoms in total. The Labute approximate surface area is 204 Å². The molecule has 0 aliphatic heterocycles. The summed E-state index contributed by atoms with van der Waals surface area (Å²) in [7, 11) is 1.94. The summed E-state index contributed by atoms with van der Waals surface area (Å²) < 4.78 is 2.00.